The lowest BCUT2D eigenvalue weighted by molar-refractivity contribution is -0.120. The lowest BCUT2D eigenvalue weighted by Gasteiger charge is -2.42. The molecule has 4 atom stereocenters. The summed E-state index contributed by atoms with van der Waals surface area (Å²) in [6.07, 6.45) is 4.15. The van der Waals surface area contributed by atoms with Crippen molar-refractivity contribution in [3.8, 4) is 0 Å². The van der Waals surface area contributed by atoms with Crippen LogP contribution in [0.25, 0.3) is 11.0 Å². The average Bonchev–Trinajstić information content (AvgIpc) is 3.31. The van der Waals surface area contributed by atoms with E-state index >= 15 is 0 Å². The molecule has 1 fully saturated rings. The molecule has 0 bridgehead atoms. The number of benzene rings is 2. The molecule has 0 saturated carbocycles. The van der Waals surface area contributed by atoms with Crippen molar-refractivity contribution in [3.05, 3.63) is 70.1 Å². The van der Waals surface area contributed by atoms with Crippen LogP contribution in [-0.2, 0) is 11.2 Å². The lowest BCUT2D eigenvalue weighted by Crippen LogP contribution is -2.44. The molecular weight excluding hydrogens is 388 g/mol. The van der Waals surface area contributed by atoms with E-state index in [9.17, 15) is 9.59 Å². The van der Waals surface area contributed by atoms with Crippen LogP contribution in [0.15, 0.2) is 53.3 Å². The van der Waals surface area contributed by atoms with Gasteiger partial charge < -0.3 is 5.73 Å². The number of nitrogens with zero attached hydrogens (tertiary/aromatic N) is 3. The number of likely N-dealkylation sites (tertiary alicyclic amines) is 1. The van der Waals surface area contributed by atoms with E-state index in [1.165, 1.54) is 17.5 Å². The second-order valence-electron chi connectivity index (χ2n) is 9.11. The normalized spacial score (nSPS) is 24.9. The number of aryl methyl sites for hydroxylation is 1. The first-order valence-electron chi connectivity index (χ1n) is 11.3. The molecule has 6 nitrogen and oxygen atoms in total. The first-order chi connectivity index (χ1) is 15.0. The van der Waals surface area contributed by atoms with Crippen LogP contribution in [0, 0.1) is 0 Å². The van der Waals surface area contributed by atoms with Gasteiger partial charge in [0.15, 0.2) is 0 Å². The number of piperidine rings is 1. The minimum Gasteiger partial charge on any atom is -0.368 e. The van der Waals surface area contributed by atoms with Crippen LogP contribution in [0.3, 0.4) is 0 Å². The first kappa shape index (κ1) is 20.1. The van der Waals surface area contributed by atoms with Crippen molar-refractivity contribution in [1.29, 1.82) is 0 Å². The highest BCUT2D eigenvalue weighted by molar-refractivity contribution is 5.82. The Morgan fingerprint density at radius 2 is 1.77 bits per heavy atom. The number of hydrogen-bond donors (Lipinski definition) is 1. The van der Waals surface area contributed by atoms with Crippen molar-refractivity contribution >= 4 is 16.9 Å². The van der Waals surface area contributed by atoms with Crippen LogP contribution in [0.4, 0.5) is 0 Å². The molecule has 1 aliphatic heterocycles. The zero-order chi connectivity index (χ0) is 21.7. The van der Waals surface area contributed by atoms with Gasteiger partial charge in [-0.05, 0) is 62.8 Å². The fourth-order valence-corrected chi connectivity index (χ4v) is 5.79. The Morgan fingerprint density at radius 3 is 2.52 bits per heavy atom. The predicted octanol–water partition coefficient (Wildman–Crippen LogP) is 3.56. The van der Waals surface area contributed by atoms with E-state index < -0.39 is 11.9 Å². The summed E-state index contributed by atoms with van der Waals surface area (Å²) >= 11 is 0. The monoisotopic (exact) mass is 418 g/mol. The highest BCUT2D eigenvalue weighted by Crippen LogP contribution is 2.40. The van der Waals surface area contributed by atoms with Crippen LogP contribution < -0.4 is 11.4 Å². The molecule has 5 rings (SSSR count). The molecule has 1 aromatic heterocycles. The van der Waals surface area contributed by atoms with Gasteiger partial charge in [-0.3, -0.25) is 18.8 Å². The number of nitrogens with two attached hydrogens (primary N) is 1. The molecule has 0 spiro atoms. The van der Waals surface area contributed by atoms with Crippen molar-refractivity contribution in [2.45, 2.75) is 63.7 Å². The van der Waals surface area contributed by atoms with Crippen molar-refractivity contribution in [2.75, 3.05) is 6.54 Å². The number of fused-ring (bicyclic) bond motifs is 2. The third-order valence-corrected chi connectivity index (χ3v) is 7.38. The zero-order valence-corrected chi connectivity index (χ0v) is 18.2. The van der Waals surface area contributed by atoms with Crippen LogP contribution >= 0.6 is 0 Å². The number of rotatable bonds is 4. The SMILES string of the molecule is CC1CC(n2c(=O)n(C(C)C(N)=O)c3ccccc32)CCN1C1CCc2ccccc21. The summed E-state index contributed by atoms with van der Waals surface area (Å²) in [6, 6.07) is 16.8. The summed E-state index contributed by atoms with van der Waals surface area (Å²) in [5.74, 6) is -0.493. The molecule has 2 N–H and O–H groups in total. The average molecular weight is 419 g/mol. The van der Waals surface area contributed by atoms with E-state index in [0.29, 0.717) is 12.1 Å². The Hall–Kier alpha value is -2.86. The summed E-state index contributed by atoms with van der Waals surface area (Å²) < 4.78 is 3.47. The highest BCUT2D eigenvalue weighted by atomic mass is 16.2. The Morgan fingerprint density at radius 1 is 1.06 bits per heavy atom. The van der Waals surface area contributed by atoms with Gasteiger partial charge in [-0.1, -0.05) is 36.4 Å². The zero-order valence-electron chi connectivity index (χ0n) is 18.2. The van der Waals surface area contributed by atoms with Crippen LogP contribution in [0.5, 0.6) is 0 Å². The molecule has 162 valence electrons. The van der Waals surface area contributed by atoms with Gasteiger partial charge in [0.1, 0.15) is 6.04 Å². The fourth-order valence-electron chi connectivity index (χ4n) is 5.79. The number of aromatic nitrogens is 2. The first-order valence-corrected chi connectivity index (χ1v) is 11.3. The van der Waals surface area contributed by atoms with Crippen molar-refractivity contribution < 1.29 is 4.79 Å². The van der Waals surface area contributed by atoms with Crippen molar-refractivity contribution in [3.63, 3.8) is 0 Å². The topological polar surface area (TPSA) is 73.3 Å². The van der Waals surface area contributed by atoms with E-state index in [4.69, 9.17) is 5.73 Å². The molecule has 1 aliphatic carbocycles. The molecular formula is C25H30N4O2. The molecule has 31 heavy (non-hydrogen) atoms. The number of para-hydroxylation sites is 2. The van der Waals surface area contributed by atoms with Gasteiger partial charge >= 0.3 is 5.69 Å². The number of imidazole rings is 1. The Kier molecular flexibility index (Phi) is 4.97. The van der Waals surface area contributed by atoms with E-state index in [1.807, 2.05) is 28.8 Å². The maximum Gasteiger partial charge on any atom is 0.330 e. The minimum atomic E-state index is -0.675. The summed E-state index contributed by atoms with van der Waals surface area (Å²) in [7, 11) is 0. The molecule has 2 aromatic carbocycles. The highest BCUT2D eigenvalue weighted by Gasteiger charge is 2.36. The second kappa shape index (κ2) is 7.68. The van der Waals surface area contributed by atoms with Crippen molar-refractivity contribution in [1.82, 2.24) is 14.0 Å². The molecule has 4 unspecified atom stereocenters. The van der Waals surface area contributed by atoms with Crippen molar-refractivity contribution in [2.24, 2.45) is 5.73 Å². The Bertz CT molecular complexity index is 1190. The van der Waals surface area contributed by atoms with Gasteiger partial charge in [0, 0.05) is 24.7 Å². The summed E-state index contributed by atoms with van der Waals surface area (Å²) in [5, 5.41) is 0. The third-order valence-electron chi connectivity index (χ3n) is 7.38. The minimum absolute atomic E-state index is 0.113. The lowest BCUT2D eigenvalue weighted by atomic mass is 9.94. The summed E-state index contributed by atoms with van der Waals surface area (Å²) in [4.78, 5) is 27.9. The summed E-state index contributed by atoms with van der Waals surface area (Å²) in [6.45, 7) is 4.94. The van der Waals surface area contributed by atoms with Gasteiger partial charge in [-0.25, -0.2) is 4.79 Å². The smallest absolute Gasteiger partial charge is 0.330 e. The Labute approximate surface area is 182 Å². The molecule has 6 heteroatoms. The number of carbonyl (C=O) groups is 1. The Balaban J connectivity index is 1.47. The number of carbonyl (C=O) groups excluding carboxylic acids is 1. The van der Waals surface area contributed by atoms with E-state index in [2.05, 4.69) is 36.1 Å². The molecule has 1 amide bonds. The third kappa shape index (κ3) is 3.21. The maximum atomic E-state index is 13.4. The van der Waals surface area contributed by atoms with E-state index in [0.717, 1.165) is 36.8 Å². The second-order valence-corrected chi connectivity index (χ2v) is 9.11. The van der Waals surface area contributed by atoms with Gasteiger partial charge in [-0.2, -0.15) is 0 Å². The number of amides is 1. The van der Waals surface area contributed by atoms with E-state index in [1.54, 1.807) is 11.5 Å². The van der Waals surface area contributed by atoms with Crippen LogP contribution in [0.1, 0.15) is 62.4 Å². The molecule has 2 aliphatic rings. The quantitative estimate of drug-likeness (QED) is 0.704. The standard InChI is InChI=1S/C25H30N4O2/c1-16-15-19(13-14-27(16)21-12-11-18-7-3-4-8-20(18)21)29-23-10-6-5-9-22(23)28(25(29)31)17(2)24(26)30/h3-10,16-17,19,21H,11-15H2,1-2H3,(H2,26,30). The number of hydrogen-bond acceptors (Lipinski definition) is 3. The fraction of sp³-hybridized carbons (Fsp3) is 0.440. The number of primary amides is 1. The summed E-state index contributed by atoms with van der Waals surface area (Å²) in [5.41, 5.74) is 10.0. The van der Waals surface area contributed by atoms with Gasteiger partial charge in [-0.15, -0.1) is 0 Å². The molecule has 2 heterocycles. The largest absolute Gasteiger partial charge is 0.368 e. The van der Waals surface area contributed by atoms with Crippen LogP contribution in [-0.4, -0.2) is 32.5 Å². The van der Waals surface area contributed by atoms with Gasteiger partial charge in [0.05, 0.1) is 11.0 Å². The van der Waals surface area contributed by atoms with Crippen LogP contribution in [0.2, 0.25) is 0 Å². The molecule has 0 radical (unpaired) electrons. The molecule has 3 aromatic rings. The van der Waals surface area contributed by atoms with Gasteiger partial charge in [0.2, 0.25) is 5.91 Å². The van der Waals surface area contributed by atoms with E-state index in [-0.39, 0.29) is 11.7 Å². The van der Waals surface area contributed by atoms with Gasteiger partial charge in [0.25, 0.3) is 0 Å². The maximum absolute atomic E-state index is 13.4. The predicted molar refractivity (Wildman–Crippen MR) is 122 cm³/mol. The molecule has 1 saturated heterocycles.